The summed E-state index contributed by atoms with van der Waals surface area (Å²) >= 11 is 0. The van der Waals surface area contributed by atoms with Gasteiger partial charge in [0.05, 0.1) is 7.11 Å². The summed E-state index contributed by atoms with van der Waals surface area (Å²) in [4.78, 5) is 36.3. The molecule has 2 atom stereocenters. The molecule has 0 heterocycles. The molecule has 0 bridgehead atoms. The lowest BCUT2D eigenvalue weighted by Crippen LogP contribution is -2.45. The van der Waals surface area contributed by atoms with Crippen LogP contribution in [0.25, 0.3) is 0 Å². The normalized spacial score (nSPS) is 13.5. The van der Waals surface area contributed by atoms with E-state index in [1.807, 2.05) is 31.2 Å². The summed E-state index contributed by atoms with van der Waals surface area (Å²) in [5.41, 5.74) is 1.08. The summed E-state index contributed by atoms with van der Waals surface area (Å²) in [7, 11) is 1.24. The third-order valence-electron chi connectivity index (χ3n) is 3.70. The molecule has 0 radical (unpaired) electrons. The van der Waals surface area contributed by atoms with Crippen LogP contribution in [0.4, 0.5) is 4.79 Å². The largest absolute Gasteiger partial charge is 0.467 e. The molecule has 1 rings (SSSR count). The number of carbonyl (C=O) groups excluding carboxylic acids is 3. The van der Waals surface area contributed by atoms with E-state index in [9.17, 15) is 14.4 Å². The Bertz CT molecular complexity index is 633. The predicted octanol–water partition coefficient (Wildman–Crippen LogP) is 3.12. The van der Waals surface area contributed by atoms with Crippen LogP contribution in [-0.2, 0) is 19.1 Å². The molecule has 1 unspecified atom stereocenters. The Morgan fingerprint density at radius 2 is 1.76 bits per heavy atom. The molecule has 1 amide bonds. The number of carbonyl (C=O) groups is 3. The second-order valence-corrected chi connectivity index (χ2v) is 6.98. The second-order valence-electron chi connectivity index (χ2n) is 6.98. The van der Waals surface area contributed by atoms with E-state index in [-0.39, 0.29) is 12.2 Å². The number of alkyl carbamates (subject to hydrolysis) is 1. The predicted molar refractivity (Wildman–Crippen MR) is 94.4 cm³/mol. The van der Waals surface area contributed by atoms with E-state index in [2.05, 4.69) is 5.32 Å². The van der Waals surface area contributed by atoms with E-state index in [0.717, 1.165) is 11.1 Å². The zero-order valence-electron chi connectivity index (χ0n) is 15.7. The lowest BCUT2D eigenvalue weighted by Gasteiger charge is -2.25. The van der Waals surface area contributed by atoms with Gasteiger partial charge >= 0.3 is 12.1 Å². The Balaban J connectivity index is 3.02. The number of hydrogen-bond acceptors (Lipinski definition) is 5. The maximum atomic E-state index is 12.2. The van der Waals surface area contributed by atoms with Crippen molar-refractivity contribution in [2.24, 2.45) is 0 Å². The van der Waals surface area contributed by atoms with E-state index in [0.29, 0.717) is 0 Å². The van der Waals surface area contributed by atoms with Gasteiger partial charge in [-0.2, -0.15) is 0 Å². The van der Waals surface area contributed by atoms with Crippen molar-refractivity contribution in [1.29, 1.82) is 0 Å². The highest BCUT2D eigenvalue weighted by Gasteiger charge is 2.30. The Labute approximate surface area is 148 Å². The van der Waals surface area contributed by atoms with Crippen LogP contribution in [0.15, 0.2) is 24.3 Å². The fourth-order valence-electron chi connectivity index (χ4n) is 2.53. The Morgan fingerprint density at radius 1 is 1.16 bits per heavy atom. The first-order valence-corrected chi connectivity index (χ1v) is 8.18. The Kier molecular flexibility index (Phi) is 7.15. The maximum Gasteiger partial charge on any atom is 0.408 e. The molecule has 6 nitrogen and oxygen atoms in total. The van der Waals surface area contributed by atoms with Crippen LogP contribution >= 0.6 is 0 Å². The molecule has 1 N–H and O–H groups in total. The Morgan fingerprint density at radius 3 is 2.24 bits per heavy atom. The molecule has 0 aliphatic rings. The lowest BCUT2D eigenvalue weighted by atomic mass is 9.86. The van der Waals surface area contributed by atoms with E-state index in [1.54, 1.807) is 20.8 Å². The van der Waals surface area contributed by atoms with Crippen LogP contribution in [-0.4, -0.2) is 36.6 Å². The standard InChI is InChI=1S/C19H27NO5/c1-12-9-7-8-10-14(12)15(13(2)21)11-16(17(22)24-6)20-18(23)25-19(3,4)5/h7-10,15-16H,11H2,1-6H3,(H,20,23)/t15?,16-/m0/s1. The van der Waals surface area contributed by atoms with Crippen LogP contribution in [0, 0.1) is 6.92 Å². The van der Waals surface area contributed by atoms with Crippen molar-refractivity contribution < 1.29 is 23.9 Å². The van der Waals surface area contributed by atoms with Crippen LogP contribution in [0.1, 0.15) is 51.2 Å². The zero-order chi connectivity index (χ0) is 19.2. The van der Waals surface area contributed by atoms with Gasteiger partial charge in [-0.1, -0.05) is 24.3 Å². The van der Waals surface area contributed by atoms with Crippen LogP contribution in [0.3, 0.4) is 0 Å². The number of benzene rings is 1. The molecule has 0 aliphatic heterocycles. The smallest absolute Gasteiger partial charge is 0.408 e. The van der Waals surface area contributed by atoms with Gasteiger partial charge in [0.2, 0.25) is 0 Å². The SMILES string of the molecule is COC(=O)[C@H](CC(C(C)=O)c1ccccc1C)NC(=O)OC(C)(C)C. The van der Waals surface area contributed by atoms with Gasteiger partial charge in [-0.05, 0) is 52.2 Å². The van der Waals surface area contributed by atoms with E-state index in [4.69, 9.17) is 9.47 Å². The summed E-state index contributed by atoms with van der Waals surface area (Å²) in [5, 5.41) is 2.51. The van der Waals surface area contributed by atoms with E-state index < -0.39 is 29.6 Å². The highest BCUT2D eigenvalue weighted by Crippen LogP contribution is 2.26. The molecule has 0 aromatic heterocycles. The number of ether oxygens (including phenoxy) is 2. The number of ketones is 1. The number of aryl methyl sites for hydroxylation is 1. The van der Waals surface area contributed by atoms with E-state index in [1.165, 1.54) is 14.0 Å². The van der Waals surface area contributed by atoms with Crippen molar-refractivity contribution in [3.8, 4) is 0 Å². The van der Waals surface area contributed by atoms with Crippen molar-refractivity contribution in [1.82, 2.24) is 5.32 Å². The van der Waals surface area contributed by atoms with Gasteiger partial charge < -0.3 is 14.8 Å². The fraction of sp³-hybridized carbons (Fsp3) is 0.526. The van der Waals surface area contributed by atoms with Crippen LogP contribution in [0.5, 0.6) is 0 Å². The molecule has 1 aromatic carbocycles. The molecule has 0 saturated heterocycles. The monoisotopic (exact) mass is 349 g/mol. The first kappa shape index (κ1) is 20.7. The third-order valence-corrected chi connectivity index (χ3v) is 3.70. The summed E-state index contributed by atoms with van der Waals surface area (Å²) in [5.74, 6) is -1.24. The van der Waals surface area contributed by atoms with Crippen molar-refractivity contribution in [3.05, 3.63) is 35.4 Å². The van der Waals surface area contributed by atoms with Gasteiger partial charge in [0, 0.05) is 5.92 Å². The van der Waals surface area contributed by atoms with Crippen LogP contribution < -0.4 is 5.32 Å². The fourth-order valence-corrected chi connectivity index (χ4v) is 2.53. The quantitative estimate of drug-likeness (QED) is 0.798. The number of nitrogens with one attached hydrogen (secondary N) is 1. The number of Topliss-reactive ketones (excluding diaryl/α,β-unsaturated/α-hetero) is 1. The molecule has 25 heavy (non-hydrogen) atoms. The summed E-state index contributed by atoms with van der Waals surface area (Å²) in [6, 6.07) is 6.50. The number of amides is 1. The number of methoxy groups -OCH3 is 1. The van der Waals surface area contributed by atoms with Crippen molar-refractivity contribution in [2.45, 2.75) is 58.6 Å². The minimum atomic E-state index is -0.978. The van der Waals surface area contributed by atoms with Crippen molar-refractivity contribution >= 4 is 17.8 Å². The first-order chi connectivity index (χ1) is 11.5. The van der Waals surface area contributed by atoms with E-state index >= 15 is 0 Å². The van der Waals surface area contributed by atoms with Gasteiger partial charge in [0.1, 0.15) is 17.4 Å². The highest BCUT2D eigenvalue weighted by atomic mass is 16.6. The third kappa shape index (κ3) is 6.57. The highest BCUT2D eigenvalue weighted by molar-refractivity contribution is 5.86. The summed E-state index contributed by atoms with van der Waals surface area (Å²) in [6.45, 7) is 8.56. The molecular weight excluding hydrogens is 322 g/mol. The molecule has 0 saturated carbocycles. The number of hydrogen-bond donors (Lipinski definition) is 1. The molecule has 1 aromatic rings. The van der Waals surface area contributed by atoms with Gasteiger partial charge in [-0.15, -0.1) is 0 Å². The van der Waals surface area contributed by atoms with Crippen molar-refractivity contribution in [3.63, 3.8) is 0 Å². The number of rotatable bonds is 6. The average Bonchev–Trinajstić information content (AvgIpc) is 2.49. The summed E-state index contributed by atoms with van der Waals surface area (Å²) in [6.07, 6.45) is -0.624. The van der Waals surface area contributed by atoms with Gasteiger partial charge in [0.15, 0.2) is 0 Å². The average molecular weight is 349 g/mol. The first-order valence-electron chi connectivity index (χ1n) is 8.18. The minimum Gasteiger partial charge on any atom is -0.467 e. The van der Waals surface area contributed by atoms with Gasteiger partial charge in [-0.25, -0.2) is 9.59 Å². The van der Waals surface area contributed by atoms with Crippen LogP contribution in [0.2, 0.25) is 0 Å². The van der Waals surface area contributed by atoms with Crippen molar-refractivity contribution in [2.75, 3.05) is 7.11 Å². The summed E-state index contributed by atoms with van der Waals surface area (Å²) < 4.78 is 9.96. The Hall–Kier alpha value is -2.37. The van der Waals surface area contributed by atoms with Gasteiger partial charge in [-0.3, -0.25) is 4.79 Å². The van der Waals surface area contributed by atoms with Gasteiger partial charge in [0.25, 0.3) is 0 Å². The lowest BCUT2D eigenvalue weighted by molar-refractivity contribution is -0.143. The topological polar surface area (TPSA) is 81.7 Å². The second kappa shape index (κ2) is 8.65. The maximum absolute atomic E-state index is 12.2. The zero-order valence-corrected chi connectivity index (χ0v) is 15.7. The molecule has 0 aliphatic carbocycles. The molecule has 6 heteroatoms. The minimum absolute atomic E-state index is 0.0887. The molecule has 0 spiro atoms. The molecular formula is C19H27NO5. The molecule has 138 valence electrons. The number of esters is 1. The molecule has 0 fully saturated rings.